The van der Waals surface area contributed by atoms with E-state index >= 15 is 0 Å². The molecule has 98 valence electrons. The molecule has 18 heavy (non-hydrogen) atoms. The van der Waals surface area contributed by atoms with Gasteiger partial charge in [0, 0.05) is 0 Å². The SMILES string of the molecule is O=C(O)C1CCC(O)(c2ccc(Cl)c(Cl)c2)CC1. The van der Waals surface area contributed by atoms with Crippen LogP contribution in [-0.2, 0) is 10.4 Å². The second-order valence-corrected chi connectivity index (χ2v) is 5.59. The predicted molar refractivity (Wildman–Crippen MR) is 70.0 cm³/mol. The van der Waals surface area contributed by atoms with Gasteiger partial charge in [-0.05, 0) is 43.4 Å². The number of hydrogen-bond acceptors (Lipinski definition) is 2. The lowest BCUT2D eigenvalue weighted by Gasteiger charge is -2.35. The Hall–Kier alpha value is -0.770. The highest BCUT2D eigenvalue weighted by Gasteiger charge is 2.37. The summed E-state index contributed by atoms with van der Waals surface area (Å²) >= 11 is 11.8. The van der Waals surface area contributed by atoms with Gasteiger partial charge in [0.25, 0.3) is 0 Å². The lowest BCUT2D eigenvalue weighted by atomic mass is 9.75. The largest absolute Gasteiger partial charge is 0.481 e. The minimum absolute atomic E-state index is 0.354. The van der Waals surface area contributed by atoms with Crippen molar-refractivity contribution in [1.29, 1.82) is 0 Å². The van der Waals surface area contributed by atoms with E-state index in [0.717, 1.165) is 0 Å². The lowest BCUT2D eigenvalue weighted by molar-refractivity contribution is -0.145. The monoisotopic (exact) mass is 288 g/mol. The number of benzene rings is 1. The van der Waals surface area contributed by atoms with Crippen LogP contribution in [0.5, 0.6) is 0 Å². The number of aliphatic carboxylic acids is 1. The molecule has 0 aromatic heterocycles. The Labute approximate surface area is 115 Å². The molecule has 0 heterocycles. The zero-order valence-corrected chi connectivity index (χ0v) is 11.2. The van der Waals surface area contributed by atoms with Gasteiger partial charge in [0.05, 0.1) is 21.6 Å². The summed E-state index contributed by atoms with van der Waals surface area (Å²) in [6, 6.07) is 5.06. The number of rotatable bonds is 2. The molecule has 0 spiro atoms. The number of carboxylic acids is 1. The van der Waals surface area contributed by atoms with Gasteiger partial charge < -0.3 is 10.2 Å². The van der Waals surface area contributed by atoms with E-state index in [9.17, 15) is 9.90 Å². The Balaban J connectivity index is 2.18. The molecule has 1 aromatic carbocycles. The molecule has 1 saturated carbocycles. The molecule has 2 N–H and O–H groups in total. The Bertz CT molecular complexity index is 465. The van der Waals surface area contributed by atoms with Gasteiger partial charge in [-0.1, -0.05) is 29.3 Å². The molecule has 0 saturated heterocycles. The minimum Gasteiger partial charge on any atom is -0.481 e. The summed E-state index contributed by atoms with van der Waals surface area (Å²) in [6.45, 7) is 0. The molecule has 1 fully saturated rings. The first-order chi connectivity index (χ1) is 8.42. The maximum absolute atomic E-state index is 10.9. The van der Waals surface area contributed by atoms with Gasteiger partial charge in [0.2, 0.25) is 0 Å². The highest BCUT2D eigenvalue weighted by molar-refractivity contribution is 6.42. The Morgan fingerprint density at radius 1 is 1.22 bits per heavy atom. The molecular weight excluding hydrogens is 275 g/mol. The van der Waals surface area contributed by atoms with E-state index in [-0.39, 0.29) is 5.92 Å². The summed E-state index contributed by atoms with van der Waals surface area (Å²) in [7, 11) is 0. The molecule has 0 atom stereocenters. The van der Waals surface area contributed by atoms with Gasteiger partial charge in [-0.15, -0.1) is 0 Å². The van der Waals surface area contributed by atoms with Crippen molar-refractivity contribution >= 4 is 29.2 Å². The molecule has 2 rings (SSSR count). The molecule has 1 aliphatic rings. The van der Waals surface area contributed by atoms with Crippen LogP contribution in [0.3, 0.4) is 0 Å². The van der Waals surface area contributed by atoms with Crippen LogP contribution in [0.1, 0.15) is 31.2 Å². The maximum Gasteiger partial charge on any atom is 0.306 e. The average molecular weight is 289 g/mol. The van der Waals surface area contributed by atoms with Gasteiger partial charge in [0.1, 0.15) is 0 Å². The molecule has 1 aliphatic carbocycles. The smallest absolute Gasteiger partial charge is 0.306 e. The summed E-state index contributed by atoms with van der Waals surface area (Å²) in [4.78, 5) is 10.9. The molecule has 0 amide bonds. The zero-order valence-electron chi connectivity index (χ0n) is 9.70. The van der Waals surface area contributed by atoms with Crippen LogP contribution in [0.15, 0.2) is 18.2 Å². The zero-order chi connectivity index (χ0) is 13.3. The van der Waals surface area contributed by atoms with Crippen LogP contribution < -0.4 is 0 Å². The van der Waals surface area contributed by atoms with Crippen molar-refractivity contribution in [2.75, 3.05) is 0 Å². The van der Waals surface area contributed by atoms with Crippen molar-refractivity contribution in [3.63, 3.8) is 0 Å². The molecule has 3 nitrogen and oxygen atoms in total. The molecule has 0 unspecified atom stereocenters. The van der Waals surface area contributed by atoms with E-state index in [1.165, 1.54) is 0 Å². The van der Waals surface area contributed by atoms with E-state index in [1.54, 1.807) is 18.2 Å². The van der Waals surface area contributed by atoms with E-state index in [1.807, 2.05) is 0 Å². The van der Waals surface area contributed by atoms with Crippen molar-refractivity contribution in [2.45, 2.75) is 31.3 Å². The average Bonchev–Trinajstić information content (AvgIpc) is 2.33. The van der Waals surface area contributed by atoms with E-state index in [0.29, 0.717) is 41.3 Å². The molecule has 1 aromatic rings. The first-order valence-electron chi connectivity index (χ1n) is 5.83. The number of carbonyl (C=O) groups is 1. The Morgan fingerprint density at radius 2 is 1.83 bits per heavy atom. The quantitative estimate of drug-likeness (QED) is 0.876. The third kappa shape index (κ3) is 2.63. The van der Waals surface area contributed by atoms with Crippen LogP contribution >= 0.6 is 23.2 Å². The number of halogens is 2. The maximum atomic E-state index is 10.9. The van der Waals surface area contributed by atoms with Crippen molar-refractivity contribution in [3.8, 4) is 0 Å². The van der Waals surface area contributed by atoms with Crippen LogP contribution in [0.2, 0.25) is 10.0 Å². The lowest BCUT2D eigenvalue weighted by Crippen LogP contribution is -2.33. The number of aliphatic hydroxyl groups is 1. The molecule has 5 heteroatoms. The second-order valence-electron chi connectivity index (χ2n) is 4.77. The second kappa shape index (κ2) is 5.08. The molecular formula is C13H14Cl2O3. The van der Waals surface area contributed by atoms with Gasteiger partial charge >= 0.3 is 5.97 Å². The van der Waals surface area contributed by atoms with Gasteiger partial charge in [-0.25, -0.2) is 0 Å². The highest BCUT2D eigenvalue weighted by atomic mass is 35.5. The van der Waals surface area contributed by atoms with Crippen LogP contribution in [0, 0.1) is 5.92 Å². The highest BCUT2D eigenvalue weighted by Crippen LogP contribution is 2.41. The van der Waals surface area contributed by atoms with E-state index in [4.69, 9.17) is 28.3 Å². The fourth-order valence-corrected chi connectivity index (χ4v) is 2.71. The fourth-order valence-electron chi connectivity index (χ4n) is 2.42. The first kappa shape index (κ1) is 13.7. The van der Waals surface area contributed by atoms with Crippen molar-refractivity contribution < 1.29 is 15.0 Å². The van der Waals surface area contributed by atoms with Gasteiger partial charge in [0.15, 0.2) is 0 Å². The number of carboxylic acid groups (broad SMARTS) is 1. The van der Waals surface area contributed by atoms with Crippen LogP contribution in [-0.4, -0.2) is 16.2 Å². The van der Waals surface area contributed by atoms with Crippen molar-refractivity contribution in [2.24, 2.45) is 5.92 Å². The molecule has 0 bridgehead atoms. The Kier molecular flexibility index (Phi) is 3.85. The first-order valence-corrected chi connectivity index (χ1v) is 6.59. The topological polar surface area (TPSA) is 57.5 Å². The summed E-state index contributed by atoms with van der Waals surface area (Å²) in [5, 5.41) is 20.4. The standard InChI is InChI=1S/C13H14Cl2O3/c14-10-2-1-9(7-11(10)15)13(18)5-3-8(4-6-13)12(16)17/h1-2,7-8,18H,3-6H2,(H,16,17). The molecule has 0 radical (unpaired) electrons. The third-order valence-electron chi connectivity index (χ3n) is 3.62. The summed E-state index contributed by atoms with van der Waals surface area (Å²) < 4.78 is 0. The van der Waals surface area contributed by atoms with E-state index in [2.05, 4.69) is 0 Å². The molecule has 0 aliphatic heterocycles. The summed E-state index contributed by atoms with van der Waals surface area (Å²) in [5.74, 6) is -1.14. The van der Waals surface area contributed by atoms with Crippen molar-refractivity contribution in [1.82, 2.24) is 0 Å². The van der Waals surface area contributed by atoms with Crippen molar-refractivity contribution in [3.05, 3.63) is 33.8 Å². The minimum atomic E-state index is -0.986. The summed E-state index contributed by atoms with van der Waals surface area (Å²) in [5.41, 5.74) is -0.277. The normalized spacial score (nSPS) is 28.1. The van der Waals surface area contributed by atoms with E-state index < -0.39 is 11.6 Å². The Morgan fingerprint density at radius 3 is 2.33 bits per heavy atom. The van der Waals surface area contributed by atoms with Gasteiger partial charge in [-0.2, -0.15) is 0 Å². The third-order valence-corrected chi connectivity index (χ3v) is 4.36. The van der Waals surface area contributed by atoms with Gasteiger partial charge in [-0.3, -0.25) is 4.79 Å². The van der Waals surface area contributed by atoms with Crippen LogP contribution in [0.4, 0.5) is 0 Å². The number of hydrogen-bond donors (Lipinski definition) is 2. The predicted octanol–water partition coefficient (Wildman–Crippen LogP) is 3.46. The van der Waals surface area contributed by atoms with Crippen LogP contribution in [0.25, 0.3) is 0 Å². The summed E-state index contributed by atoms with van der Waals surface area (Å²) in [6.07, 6.45) is 1.82. The fraction of sp³-hybridized carbons (Fsp3) is 0.462.